The molecule has 3 aromatic rings. The largest absolute Gasteiger partial charge is 0.375 e. The summed E-state index contributed by atoms with van der Waals surface area (Å²) in [5, 5.41) is 8.60. The van der Waals surface area contributed by atoms with Gasteiger partial charge in [0.1, 0.15) is 5.69 Å². The van der Waals surface area contributed by atoms with Crippen molar-refractivity contribution < 1.29 is 0 Å². The summed E-state index contributed by atoms with van der Waals surface area (Å²) >= 11 is 1.29. The van der Waals surface area contributed by atoms with Gasteiger partial charge in [0, 0.05) is 11.6 Å². The topological polar surface area (TPSA) is 97.5 Å². The lowest BCUT2D eigenvalue weighted by molar-refractivity contribution is 0.990. The smallest absolute Gasteiger partial charge is 0.273 e. The molecule has 19 heavy (non-hydrogen) atoms. The molecular formula is C12H9N5OS. The minimum Gasteiger partial charge on any atom is -0.375 e. The van der Waals surface area contributed by atoms with Crippen LogP contribution in [0.15, 0.2) is 40.6 Å². The average Bonchev–Trinajstić information content (AvgIpc) is 2.87. The van der Waals surface area contributed by atoms with E-state index >= 15 is 0 Å². The number of aromatic amines is 1. The normalized spacial score (nSPS) is 10.5. The second-order valence-corrected chi connectivity index (χ2v) is 4.67. The highest BCUT2D eigenvalue weighted by atomic mass is 32.1. The van der Waals surface area contributed by atoms with Gasteiger partial charge in [-0.25, -0.2) is 10.1 Å². The Kier molecular flexibility index (Phi) is 2.81. The van der Waals surface area contributed by atoms with Gasteiger partial charge in [0.15, 0.2) is 5.13 Å². The zero-order chi connectivity index (χ0) is 13.2. The molecule has 0 fully saturated rings. The second kappa shape index (κ2) is 4.62. The highest BCUT2D eigenvalue weighted by Crippen LogP contribution is 2.22. The predicted octanol–water partition coefficient (Wildman–Crippen LogP) is 1.54. The van der Waals surface area contributed by atoms with Crippen molar-refractivity contribution >= 4 is 16.5 Å². The van der Waals surface area contributed by atoms with Gasteiger partial charge in [-0.15, -0.1) is 11.3 Å². The second-order valence-electron chi connectivity index (χ2n) is 3.78. The Morgan fingerprint density at radius 1 is 1.21 bits per heavy atom. The number of nitrogen functional groups attached to an aromatic ring is 1. The minimum absolute atomic E-state index is 0.301. The molecule has 0 saturated heterocycles. The molecule has 0 unspecified atom stereocenters. The van der Waals surface area contributed by atoms with Crippen molar-refractivity contribution in [3.05, 3.63) is 46.2 Å². The van der Waals surface area contributed by atoms with Crippen LogP contribution in [0.3, 0.4) is 0 Å². The summed E-state index contributed by atoms with van der Waals surface area (Å²) in [6.07, 6.45) is 1.67. The maximum Gasteiger partial charge on any atom is 0.273 e. The molecule has 3 heterocycles. The standard InChI is InChI=1S/C12H9N5OS/c13-12-15-10(6-19-12)7-5-9(16-17-11(7)18)8-3-1-2-4-14-8/h1-6H,(H2,13,15)(H,17,18). The number of hydrogen-bond donors (Lipinski definition) is 2. The fourth-order valence-electron chi connectivity index (χ4n) is 1.65. The number of nitrogens with one attached hydrogen (secondary N) is 1. The average molecular weight is 271 g/mol. The van der Waals surface area contributed by atoms with Crippen molar-refractivity contribution in [2.75, 3.05) is 5.73 Å². The van der Waals surface area contributed by atoms with Crippen LogP contribution in [0.4, 0.5) is 5.13 Å². The van der Waals surface area contributed by atoms with E-state index in [4.69, 9.17) is 5.73 Å². The number of hydrogen-bond acceptors (Lipinski definition) is 6. The molecule has 0 aromatic carbocycles. The van der Waals surface area contributed by atoms with E-state index in [0.717, 1.165) is 0 Å². The summed E-state index contributed by atoms with van der Waals surface area (Å²) in [4.78, 5) is 20.1. The van der Waals surface area contributed by atoms with Crippen molar-refractivity contribution in [2.24, 2.45) is 0 Å². The number of anilines is 1. The lowest BCUT2D eigenvalue weighted by Crippen LogP contribution is -2.11. The minimum atomic E-state index is -0.301. The van der Waals surface area contributed by atoms with Gasteiger partial charge in [-0.2, -0.15) is 5.10 Å². The summed E-state index contributed by atoms with van der Waals surface area (Å²) in [6, 6.07) is 7.16. The zero-order valence-corrected chi connectivity index (χ0v) is 10.5. The predicted molar refractivity (Wildman–Crippen MR) is 73.6 cm³/mol. The van der Waals surface area contributed by atoms with E-state index in [9.17, 15) is 4.79 Å². The first-order valence-corrected chi connectivity index (χ1v) is 6.34. The van der Waals surface area contributed by atoms with Crippen LogP contribution >= 0.6 is 11.3 Å². The summed E-state index contributed by atoms with van der Waals surface area (Å²) in [5.74, 6) is 0. The Bertz CT molecular complexity index is 765. The van der Waals surface area contributed by atoms with Crippen molar-refractivity contribution in [3.8, 4) is 22.6 Å². The SMILES string of the molecule is Nc1nc(-c2cc(-c3ccccn3)n[nH]c2=O)cs1. The first-order chi connectivity index (χ1) is 9.24. The van der Waals surface area contributed by atoms with Crippen LogP contribution < -0.4 is 11.3 Å². The quantitative estimate of drug-likeness (QED) is 0.736. The number of thiazole rings is 1. The Labute approximate surface area is 112 Å². The summed E-state index contributed by atoms with van der Waals surface area (Å²) in [5.41, 5.74) is 7.53. The van der Waals surface area contributed by atoms with Gasteiger partial charge in [0.05, 0.1) is 17.0 Å². The van der Waals surface area contributed by atoms with Gasteiger partial charge in [0.2, 0.25) is 0 Å². The maximum absolute atomic E-state index is 11.8. The number of nitrogens with two attached hydrogens (primary N) is 1. The molecule has 0 aliphatic carbocycles. The number of aromatic nitrogens is 4. The maximum atomic E-state index is 11.8. The molecule has 0 aliphatic heterocycles. The molecule has 0 atom stereocenters. The van der Waals surface area contributed by atoms with Crippen LogP contribution in [0, 0.1) is 0 Å². The van der Waals surface area contributed by atoms with Gasteiger partial charge in [-0.3, -0.25) is 9.78 Å². The molecule has 3 rings (SSSR count). The molecule has 0 spiro atoms. The molecule has 3 N–H and O–H groups in total. The molecule has 0 radical (unpaired) electrons. The van der Waals surface area contributed by atoms with Crippen LogP contribution in [0.5, 0.6) is 0 Å². The Morgan fingerprint density at radius 2 is 2.11 bits per heavy atom. The lowest BCUT2D eigenvalue weighted by atomic mass is 10.2. The molecule has 0 bridgehead atoms. The summed E-state index contributed by atoms with van der Waals surface area (Å²) in [7, 11) is 0. The fraction of sp³-hybridized carbons (Fsp3) is 0. The van der Waals surface area contributed by atoms with Gasteiger partial charge < -0.3 is 5.73 Å². The van der Waals surface area contributed by atoms with Crippen molar-refractivity contribution in [3.63, 3.8) is 0 Å². The Balaban J connectivity index is 2.14. The highest BCUT2D eigenvalue weighted by molar-refractivity contribution is 7.13. The van der Waals surface area contributed by atoms with E-state index in [1.807, 2.05) is 18.2 Å². The third-order valence-corrected chi connectivity index (χ3v) is 3.20. The molecular weight excluding hydrogens is 262 g/mol. The van der Waals surface area contributed by atoms with Crippen LogP contribution in [0.1, 0.15) is 0 Å². The van der Waals surface area contributed by atoms with Gasteiger partial charge >= 0.3 is 0 Å². The molecule has 0 saturated carbocycles. The number of pyridine rings is 1. The van der Waals surface area contributed by atoms with Crippen molar-refractivity contribution in [1.29, 1.82) is 0 Å². The number of nitrogens with zero attached hydrogens (tertiary/aromatic N) is 3. The van der Waals surface area contributed by atoms with Crippen LogP contribution in [-0.2, 0) is 0 Å². The van der Waals surface area contributed by atoms with Gasteiger partial charge in [-0.1, -0.05) is 6.07 Å². The van der Waals surface area contributed by atoms with E-state index in [1.165, 1.54) is 11.3 Å². The summed E-state index contributed by atoms with van der Waals surface area (Å²) in [6.45, 7) is 0. The van der Waals surface area contributed by atoms with Crippen molar-refractivity contribution in [1.82, 2.24) is 20.2 Å². The van der Waals surface area contributed by atoms with E-state index in [2.05, 4.69) is 20.2 Å². The zero-order valence-electron chi connectivity index (χ0n) is 9.70. The lowest BCUT2D eigenvalue weighted by Gasteiger charge is -2.01. The highest BCUT2D eigenvalue weighted by Gasteiger charge is 2.10. The first-order valence-electron chi connectivity index (χ1n) is 5.46. The first kappa shape index (κ1) is 11.5. The summed E-state index contributed by atoms with van der Waals surface area (Å²) < 4.78 is 0. The molecule has 94 valence electrons. The van der Waals surface area contributed by atoms with Gasteiger partial charge in [0.25, 0.3) is 5.56 Å². The molecule has 0 amide bonds. The Morgan fingerprint density at radius 3 is 2.79 bits per heavy atom. The van der Waals surface area contributed by atoms with E-state index < -0.39 is 0 Å². The monoisotopic (exact) mass is 271 g/mol. The van der Waals surface area contributed by atoms with Crippen LogP contribution in [0.2, 0.25) is 0 Å². The van der Waals surface area contributed by atoms with E-state index in [0.29, 0.717) is 27.8 Å². The third-order valence-electron chi connectivity index (χ3n) is 2.53. The number of H-pyrrole nitrogens is 1. The number of rotatable bonds is 2. The Hall–Kier alpha value is -2.54. The van der Waals surface area contributed by atoms with Crippen LogP contribution in [-0.4, -0.2) is 20.2 Å². The van der Waals surface area contributed by atoms with Crippen LogP contribution in [0.25, 0.3) is 22.6 Å². The fourth-order valence-corrected chi connectivity index (χ4v) is 2.22. The van der Waals surface area contributed by atoms with E-state index in [-0.39, 0.29) is 5.56 Å². The van der Waals surface area contributed by atoms with Crippen molar-refractivity contribution in [2.45, 2.75) is 0 Å². The third kappa shape index (κ3) is 2.23. The van der Waals surface area contributed by atoms with E-state index in [1.54, 1.807) is 17.6 Å². The molecule has 7 heteroatoms. The van der Waals surface area contributed by atoms with Gasteiger partial charge in [-0.05, 0) is 18.2 Å². The molecule has 3 aromatic heterocycles. The molecule has 0 aliphatic rings. The molecule has 6 nitrogen and oxygen atoms in total.